The van der Waals surface area contributed by atoms with Crippen molar-refractivity contribution in [3.05, 3.63) is 29.8 Å². The third kappa shape index (κ3) is 4.00. The quantitative estimate of drug-likeness (QED) is 0.804. The summed E-state index contributed by atoms with van der Waals surface area (Å²) in [5.74, 6) is 0.624. The molecule has 0 unspecified atom stereocenters. The first-order chi connectivity index (χ1) is 11.9. The molecule has 1 aromatic rings. The Balaban J connectivity index is 1.57. The van der Waals surface area contributed by atoms with E-state index in [9.17, 15) is 13.2 Å². The minimum Gasteiger partial charge on any atom is -0.491 e. The number of carbonyl (C=O) groups is 1. The van der Waals surface area contributed by atoms with E-state index in [1.807, 2.05) is 13.8 Å². The highest BCUT2D eigenvalue weighted by atomic mass is 32.2. The van der Waals surface area contributed by atoms with Crippen molar-refractivity contribution in [1.82, 2.24) is 4.90 Å². The van der Waals surface area contributed by atoms with Crippen LogP contribution < -0.4 is 4.74 Å². The van der Waals surface area contributed by atoms with E-state index in [4.69, 9.17) is 4.74 Å². The maximum Gasteiger partial charge on any atom is 0.253 e. The first kappa shape index (κ1) is 18.2. The normalized spacial score (nSPS) is 19.7. The molecule has 0 atom stereocenters. The standard InChI is InChI=1S/C19H27NO4S/c1-14(2)24-16-10-8-15(9-11-16)19(21)20-12-18(13-20)25(22,23)17-6-4-3-5-7-17/h8-11,14,17-18H,3-7,12-13H2,1-2H3. The average molecular weight is 365 g/mol. The van der Waals surface area contributed by atoms with Gasteiger partial charge in [-0.25, -0.2) is 8.42 Å². The molecule has 5 nitrogen and oxygen atoms in total. The summed E-state index contributed by atoms with van der Waals surface area (Å²) in [4.78, 5) is 14.1. The third-order valence-electron chi connectivity index (χ3n) is 5.09. The van der Waals surface area contributed by atoms with Crippen LogP contribution in [0.2, 0.25) is 0 Å². The zero-order chi connectivity index (χ0) is 18.0. The fraction of sp³-hybridized carbons (Fsp3) is 0.632. The van der Waals surface area contributed by atoms with E-state index in [1.165, 1.54) is 0 Å². The number of sulfone groups is 1. The van der Waals surface area contributed by atoms with Gasteiger partial charge in [0, 0.05) is 18.7 Å². The van der Waals surface area contributed by atoms with Crippen LogP contribution >= 0.6 is 0 Å². The van der Waals surface area contributed by atoms with Gasteiger partial charge in [0.15, 0.2) is 9.84 Å². The molecule has 6 heteroatoms. The zero-order valence-electron chi connectivity index (χ0n) is 15.0. The molecule has 1 aliphatic carbocycles. The van der Waals surface area contributed by atoms with Crippen LogP contribution in [-0.2, 0) is 9.84 Å². The number of likely N-dealkylation sites (tertiary alicyclic amines) is 1. The summed E-state index contributed by atoms with van der Waals surface area (Å²) in [6.45, 7) is 4.54. The van der Waals surface area contributed by atoms with E-state index in [0.29, 0.717) is 18.7 Å². The van der Waals surface area contributed by atoms with Crippen LogP contribution in [0.1, 0.15) is 56.3 Å². The second-order valence-corrected chi connectivity index (χ2v) is 9.88. The summed E-state index contributed by atoms with van der Waals surface area (Å²) in [5, 5.41) is -0.584. The van der Waals surface area contributed by atoms with Crippen molar-refractivity contribution in [2.24, 2.45) is 0 Å². The lowest BCUT2D eigenvalue weighted by atomic mass is 10.0. The van der Waals surface area contributed by atoms with Crippen molar-refractivity contribution in [2.75, 3.05) is 13.1 Å². The maximum absolute atomic E-state index is 12.7. The molecular formula is C19H27NO4S. The molecule has 25 heavy (non-hydrogen) atoms. The Morgan fingerprint density at radius 2 is 1.64 bits per heavy atom. The number of hydrogen-bond acceptors (Lipinski definition) is 4. The van der Waals surface area contributed by atoms with Crippen molar-refractivity contribution >= 4 is 15.7 Å². The SMILES string of the molecule is CC(C)Oc1ccc(C(=O)N2CC(S(=O)(=O)C3CCCCC3)C2)cc1. The molecule has 0 bridgehead atoms. The number of carbonyl (C=O) groups excluding carboxylic acids is 1. The summed E-state index contributed by atoms with van der Waals surface area (Å²) in [5.41, 5.74) is 0.574. The summed E-state index contributed by atoms with van der Waals surface area (Å²) >= 11 is 0. The van der Waals surface area contributed by atoms with Gasteiger partial charge in [0.25, 0.3) is 5.91 Å². The first-order valence-corrected chi connectivity index (χ1v) is 10.8. The van der Waals surface area contributed by atoms with Crippen LogP contribution in [-0.4, -0.2) is 48.9 Å². The number of amides is 1. The third-order valence-corrected chi connectivity index (χ3v) is 7.72. The van der Waals surface area contributed by atoms with Crippen LogP contribution in [0, 0.1) is 0 Å². The highest BCUT2D eigenvalue weighted by Gasteiger charge is 2.43. The van der Waals surface area contributed by atoms with Crippen LogP contribution in [0.5, 0.6) is 5.75 Å². The van der Waals surface area contributed by atoms with E-state index >= 15 is 0 Å². The highest BCUT2D eigenvalue weighted by molar-refractivity contribution is 7.92. The number of hydrogen-bond donors (Lipinski definition) is 0. The van der Waals surface area contributed by atoms with Gasteiger partial charge >= 0.3 is 0 Å². The van der Waals surface area contributed by atoms with Gasteiger partial charge in [-0.2, -0.15) is 0 Å². The monoisotopic (exact) mass is 365 g/mol. The van der Waals surface area contributed by atoms with Gasteiger partial charge in [0.1, 0.15) is 5.75 Å². The largest absolute Gasteiger partial charge is 0.491 e. The van der Waals surface area contributed by atoms with Crippen LogP contribution in [0.15, 0.2) is 24.3 Å². The number of benzene rings is 1. The summed E-state index contributed by atoms with van der Waals surface area (Å²) in [6.07, 6.45) is 4.79. The molecule has 1 amide bonds. The van der Waals surface area contributed by atoms with Crippen molar-refractivity contribution in [2.45, 2.75) is 62.6 Å². The van der Waals surface area contributed by atoms with E-state index in [2.05, 4.69) is 0 Å². The Hall–Kier alpha value is -1.56. The molecule has 1 saturated heterocycles. The van der Waals surface area contributed by atoms with Crippen molar-refractivity contribution in [3.8, 4) is 5.75 Å². The Morgan fingerprint density at radius 3 is 2.20 bits per heavy atom. The second-order valence-electron chi connectivity index (χ2n) is 7.37. The minimum absolute atomic E-state index is 0.0858. The van der Waals surface area contributed by atoms with Crippen molar-refractivity contribution < 1.29 is 17.9 Å². The fourth-order valence-electron chi connectivity index (χ4n) is 3.61. The fourth-order valence-corrected chi connectivity index (χ4v) is 5.92. The van der Waals surface area contributed by atoms with Gasteiger partial charge in [0.05, 0.1) is 16.6 Å². The molecule has 0 N–H and O–H groups in total. The smallest absolute Gasteiger partial charge is 0.253 e. The topological polar surface area (TPSA) is 63.7 Å². The predicted octanol–water partition coefficient (Wildman–Crippen LogP) is 3.05. The summed E-state index contributed by atoms with van der Waals surface area (Å²) in [6, 6.07) is 7.04. The lowest BCUT2D eigenvalue weighted by Crippen LogP contribution is -2.58. The highest BCUT2D eigenvalue weighted by Crippen LogP contribution is 2.30. The molecule has 2 fully saturated rings. The molecule has 2 aliphatic rings. The molecule has 138 valence electrons. The molecule has 1 aromatic carbocycles. The van der Waals surface area contributed by atoms with Gasteiger partial charge in [-0.05, 0) is 51.0 Å². The number of rotatable bonds is 5. The summed E-state index contributed by atoms with van der Waals surface area (Å²) in [7, 11) is -3.11. The van der Waals surface area contributed by atoms with Gasteiger partial charge in [0.2, 0.25) is 0 Å². The molecule has 0 aromatic heterocycles. The Morgan fingerprint density at radius 1 is 1.04 bits per heavy atom. The average Bonchev–Trinajstić information content (AvgIpc) is 2.54. The molecular weight excluding hydrogens is 338 g/mol. The van der Waals surface area contributed by atoms with Crippen LogP contribution in [0.4, 0.5) is 0 Å². The maximum atomic E-state index is 12.7. The predicted molar refractivity (Wildman–Crippen MR) is 97.7 cm³/mol. The second kappa shape index (κ2) is 7.36. The van der Waals surface area contributed by atoms with E-state index in [-0.39, 0.29) is 22.5 Å². The van der Waals surface area contributed by atoms with Crippen molar-refractivity contribution in [1.29, 1.82) is 0 Å². The molecule has 3 rings (SSSR count). The van der Waals surface area contributed by atoms with Crippen LogP contribution in [0.25, 0.3) is 0 Å². The van der Waals surface area contributed by atoms with E-state index < -0.39 is 9.84 Å². The van der Waals surface area contributed by atoms with Gasteiger partial charge in [-0.3, -0.25) is 4.79 Å². The van der Waals surface area contributed by atoms with E-state index in [0.717, 1.165) is 37.9 Å². The van der Waals surface area contributed by atoms with Crippen LogP contribution in [0.3, 0.4) is 0 Å². The minimum atomic E-state index is -3.11. The van der Waals surface area contributed by atoms with Crippen molar-refractivity contribution in [3.63, 3.8) is 0 Å². The molecule has 0 radical (unpaired) electrons. The van der Waals surface area contributed by atoms with Gasteiger partial charge in [-0.15, -0.1) is 0 Å². The molecule has 0 spiro atoms. The molecule has 1 heterocycles. The number of ether oxygens (including phenoxy) is 1. The van der Waals surface area contributed by atoms with Gasteiger partial charge in [-0.1, -0.05) is 19.3 Å². The van der Waals surface area contributed by atoms with Gasteiger partial charge < -0.3 is 9.64 Å². The first-order valence-electron chi connectivity index (χ1n) is 9.16. The molecule has 1 saturated carbocycles. The Kier molecular flexibility index (Phi) is 5.37. The number of nitrogens with zero attached hydrogens (tertiary/aromatic N) is 1. The lowest BCUT2D eigenvalue weighted by molar-refractivity contribution is 0.0658. The Labute approximate surface area is 150 Å². The zero-order valence-corrected chi connectivity index (χ0v) is 15.8. The molecule has 1 aliphatic heterocycles. The Bertz CT molecular complexity index is 699. The van der Waals surface area contributed by atoms with E-state index in [1.54, 1.807) is 29.2 Å². The summed E-state index contributed by atoms with van der Waals surface area (Å²) < 4.78 is 30.9. The lowest BCUT2D eigenvalue weighted by Gasteiger charge is -2.40.